The third-order valence-electron chi connectivity index (χ3n) is 3.92. The number of carbonyl (C=O) groups is 1. The van der Waals surface area contributed by atoms with Gasteiger partial charge in [-0.15, -0.1) is 0 Å². The number of rotatable bonds is 3. The van der Waals surface area contributed by atoms with Crippen molar-refractivity contribution in [2.45, 2.75) is 37.3 Å². The number of fused-ring (bicyclic) bond motifs is 1. The van der Waals surface area contributed by atoms with E-state index >= 15 is 0 Å². The summed E-state index contributed by atoms with van der Waals surface area (Å²) in [6.07, 6.45) is 5.53. The zero-order valence-corrected chi connectivity index (χ0v) is 10.3. The number of carboxylic acids is 1. The van der Waals surface area contributed by atoms with Crippen molar-refractivity contribution >= 4 is 22.8 Å². The monoisotopic (exact) mass is 244 g/mol. The summed E-state index contributed by atoms with van der Waals surface area (Å²) < 4.78 is 0. The van der Waals surface area contributed by atoms with Gasteiger partial charge in [0.05, 0.1) is 0 Å². The zero-order valence-electron chi connectivity index (χ0n) is 7.83. The Labute approximate surface area is 87.6 Å². The number of hydrogen-bond donors (Lipinski definition) is 1. The van der Waals surface area contributed by atoms with E-state index in [0.717, 1.165) is 17.0 Å². The van der Waals surface area contributed by atoms with Crippen LogP contribution in [0, 0.1) is 17.3 Å². The average molecular weight is 244 g/mol. The molecule has 0 aromatic carbocycles. The molecule has 74 valence electrons. The molecule has 2 nitrogen and oxygen atoms in total. The standard InChI is InChI=1S/C10H17AsO2/c11-6-10(5-9(12)13)3-7-1-2-8(7)4-10/h7-8H,1-6,11H2,(H,12,13)/t7-,8+,10?. The maximum atomic E-state index is 10.8. The summed E-state index contributed by atoms with van der Waals surface area (Å²) in [5, 5.41) is 9.98. The van der Waals surface area contributed by atoms with Crippen LogP contribution >= 0.6 is 0 Å². The van der Waals surface area contributed by atoms with Crippen molar-refractivity contribution in [1.29, 1.82) is 0 Å². The molecule has 0 aliphatic heterocycles. The van der Waals surface area contributed by atoms with Crippen LogP contribution in [0.3, 0.4) is 0 Å². The van der Waals surface area contributed by atoms with Crippen LogP contribution in [-0.4, -0.2) is 27.9 Å². The molecule has 4 atom stereocenters. The minimum atomic E-state index is -0.598. The molecule has 1 N–H and O–H groups in total. The Bertz CT molecular complexity index is 215. The molecule has 2 fully saturated rings. The molecule has 0 spiro atoms. The summed E-state index contributed by atoms with van der Waals surface area (Å²) in [4.78, 5) is 10.8. The first-order valence-electron chi connectivity index (χ1n) is 5.07. The molecule has 0 aromatic rings. The van der Waals surface area contributed by atoms with E-state index in [1.807, 2.05) is 0 Å². The van der Waals surface area contributed by atoms with E-state index in [4.69, 9.17) is 5.11 Å². The zero-order chi connectivity index (χ0) is 9.47. The summed E-state index contributed by atoms with van der Waals surface area (Å²) in [6, 6.07) is 0. The van der Waals surface area contributed by atoms with Crippen molar-refractivity contribution < 1.29 is 9.90 Å². The Morgan fingerprint density at radius 2 is 1.92 bits per heavy atom. The van der Waals surface area contributed by atoms with Gasteiger partial charge in [0, 0.05) is 0 Å². The van der Waals surface area contributed by atoms with Crippen molar-refractivity contribution in [2.24, 2.45) is 17.3 Å². The van der Waals surface area contributed by atoms with Gasteiger partial charge in [-0.05, 0) is 0 Å². The molecule has 0 heterocycles. The van der Waals surface area contributed by atoms with E-state index in [2.05, 4.69) is 0 Å². The Balaban J connectivity index is 2.03. The van der Waals surface area contributed by atoms with Gasteiger partial charge in [-0.2, -0.15) is 0 Å². The van der Waals surface area contributed by atoms with E-state index in [0.29, 0.717) is 6.42 Å². The SMILES string of the molecule is O=C(O)CC1(C[AsH2])C[C@H]2CC[C@H]2C1. The summed E-state index contributed by atoms with van der Waals surface area (Å²) in [5.74, 6) is 1.17. The predicted octanol–water partition coefficient (Wildman–Crippen LogP) is 1.32. The first kappa shape index (κ1) is 9.58. The average Bonchev–Trinajstić information content (AvgIpc) is 2.28. The Kier molecular flexibility index (Phi) is 2.44. The van der Waals surface area contributed by atoms with E-state index in [9.17, 15) is 4.79 Å². The van der Waals surface area contributed by atoms with Gasteiger partial charge in [0.25, 0.3) is 0 Å². The van der Waals surface area contributed by atoms with Gasteiger partial charge in [-0.25, -0.2) is 0 Å². The molecular formula is C10H17AsO2. The van der Waals surface area contributed by atoms with Gasteiger partial charge in [-0.1, -0.05) is 0 Å². The summed E-state index contributed by atoms with van der Waals surface area (Å²) in [7, 11) is 0. The van der Waals surface area contributed by atoms with E-state index in [1.165, 1.54) is 25.7 Å². The van der Waals surface area contributed by atoms with Gasteiger partial charge in [0.15, 0.2) is 0 Å². The van der Waals surface area contributed by atoms with Crippen LogP contribution < -0.4 is 0 Å². The van der Waals surface area contributed by atoms with Crippen LogP contribution in [-0.2, 0) is 4.79 Å². The normalized spacial score (nSPS) is 42.5. The molecule has 13 heavy (non-hydrogen) atoms. The van der Waals surface area contributed by atoms with Crippen LogP contribution in [0.25, 0.3) is 0 Å². The molecular weight excluding hydrogens is 227 g/mol. The van der Waals surface area contributed by atoms with Crippen LogP contribution in [0.15, 0.2) is 0 Å². The van der Waals surface area contributed by atoms with Crippen molar-refractivity contribution in [3.05, 3.63) is 0 Å². The number of carboxylic acid groups (broad SMARTS) is 1. The van der Waals surface area contributed by atoms with Crippen LogP contribution in [0.5, 0.6) is 0 Å². The third-order valence-corrected chi connectivity index (χ3v) is 5.74. The van der Waals surface area contributed by atoms with Gasteiger partial charge >= 0.3 is 87.3 Å². The summed E-state index contributed by atoms with van der Waals surface area (Å²) >= 11 is 1.70. The van der Waals surface area contributed by atoms with Crippen molar-refractivity contribution in [3.8, 4) is 0 Å². The van der Waals surface area contributed by atoms with Gasteiger partial charge in [0.2, 0.25) is 0 Å². The number of aliphatic carboxylic acids is 1. The first-order chi connectivity index (χ1) is 6.15. The molecule has 0 aromatic heterocycles. The molecule has 2 aliphatic carbocycles. The van der Waals surface area contributed by atoms with Crippen molar-refractivity contribution in [1.82, 2.24) is 0 Å². The topological polar surface area (TPSA) is 37.3 Å². The second-order valence-electron chi connectivity index (χ2n) is 4.78. The second kappa shape index (κ2) is 3.31. The molecule has 0 saturated heterocycles. The molecule has 2 saturated carbocycles. The summed E-state index contributed by atoms with van der Waals surface area (Å²) in [5.41, 5.74) is 0.192. The molecule has 3 heteroatoms. The van der Waals surface area contributed by atoms with Crippen LogP contribution in [0.4, 0.5) is 0 Å². The quantitative estimate of drug-likeness (QED) is 0.760. The van der Waals surface area contributed by atoms with Gasteiger partial charge in [-0.3, -0.25) is 0 Å². The molecule has 0 bridgehead atoms. The van der Waals surface area contributed by atoms with Crippen LogP contribution in [0.2, 0.25) is 5.21 Å². The Morgan fingerprint density at radius 3 is 2.23 bits per heavy atom. The molecule has 0 radical (unpaired) electrons. The first-order valence-corrected chi connectivity index (χ1v) is 6.78. The molecule has 2 aliphatic rings. The molecule has 0 amide bonds. The van der Waals surface area contributed by atoms with E-state index in [-0.39, 0.29) is 5.41 Å². The van der Waals surface area contributed by atoms with Gasteiger partial charge < -0.3 is 0 Å². The third kappa shape index (κ3) is 1.66. The fraction of sp³-hybridized carbons (Fsp3) is 0.900. The van der Waals surface area contributed by atoms with Gasteiger partial charge in [0.1, 0.15) is 0 Å². The predicted molar refractivity (Wildman–Crippen MR) is 53.5 cm³/mol. The van der Waals surface area contributed by atoms with Crippen molar-refractivity contribution in [3.63, 3.8) is 0 Å². The fourth-order valence-corrected chi connectivity index (χ4v) is 4.08. The van der Waals surface area contributed by atoms with Crippen LogP contribution in [0.1, 0.15) is 32.1 Å². The molecule has 2 rings (SSSR count). The van der Waals surface area contributed by atoms with E-state index < -0.39 is 5.97 Å². The molecule has 2 unspecified atom stereocenters. The Morgan fingerprint density at radius 1 is 1.38 bits per heavy atom. The summed E-state index contributed by atoms with van der Waals surface area (Å²) in [6.45, 7) is 0. The Hall–Kier alpha value is 0.0284. The number of hydrogen-bond acceptors (Lipinski definition) is 1. The fourth-order valence-electron chi connectivity index (χ4n) is 3.08. The van der Waals surface area contributed by atoms with Crippen molar-refractivity contribution in [2.75, 3.05) is 0 Å². The minimum absolute atomic E-state index is 0.192. The maximum absolute atomic E-state index is 10.8. The van der Waals surface area contributed by atoms with E-state index in [1.54, 1.807) is 16.9 Å². The second-order valence-corrected chi connectivity index (χ2v) is 5.64.